The van der Waals surface area contributed by atoms with Gasteiger partial charge in [0.1, 0.15) is 0 Å². The molecule has 8 nitrogen and oxygen atoms in total. The van der Waals surface area contributed by atoms with Crippen molar-refractivity contribution in [2.24, 2.45) is 0 Å². The number of carbonyl (C=O) groups excluding carboxylic acids is 2. The lowest BCUT2D eigenvalue weighted by atomic mass is 9.94. The molecule has 2 amide bonds. The number of hydrogen-bond donors (Lipinski definition) is 1. The van der Waals surface area contributed by atoms with Crippen LogP contribution >= 0.6 is 0 Å². The van der Waals surface area contributed by atoms with Gasteiger partial charge in [0.25, 0.3) is 0 Å². The van der Waals surface area contributed by atoms with E-state index in [1.165, 1.54) is 6.42 Å². The maximum atomic E-state index is 12.5. The zero-order valence-electron chi connectivity index (χ0n) is 19.4. The van der Waals surface area contributed by atoms with Gasteiger partial charge in [-0.05, 0) is 43.2 Å². The Morgan fingerprint density at radius 1 is 1.03 bits per heavy atom. The topological polar surface area (TPSA) is 80.3 Å². The zero-order valence-corrected chi connectivity index (χ0v) is 19.4. The number of nitrogens with one attached hydrogen (secondary N) is 1. The Morgan fingerprint density at radius 2 is 1.79 bits per heavy atom. The van der Waals surface area contributed by atoms with Crippen molar-refractivity contribution in [2.75, 3.05) is 43.0 Å². The summed E-state index contributed by atoms with van der Waals surface area (Å²) in [4.78, 5) is 28.3. The lowest BCUT2D eigenvalue weighted by Crippen LogP contribution is -2.39. The lowest BCUT2D eigenvalue weighted by Gasteiger charge is -2.34. The molecule has 4 rings (SSSR count). The van der Waals surface area contributed by atoms with Crippen LogP contribution < -0.4 is 29.3 Å². The normalized spacial score (nSPS) is 16.0. The van der Waals surface area contributed by atoms with E-state index in [1.807, 2.05) is 40.1 Å². The van der Waals surface area contributed by atoms with Gasteiger partial charge in [0.2, 0.25) is 18.1 Å². The minimum Gasteiger partial charge on any atom is -0.493 e. The highest BCUT2D eigenvalue weighted by atomic mass is 16.5. The van der Waals surface area contributed by atoms with E-state index in [2.05, 4.69) is 5.32 Å². The summed E-state index contributed by atoms with van der Waals surface area (Å²) in [6, 6.07) is 9.78. The first-order valence-electron chi connectivity index (χ1n) is 11.3. The molecule has 8 heteroatoms. The molecule has 1 aliphatic heterocycles. The summed E-state index contributed by atoms with van der Waals surface area (Å²) in [5, 5.41) is 2.97. The van der Waals surface area contributed by atoms with Crippen LogP contribution in [0.15, 0.2) is 30.3 Å². The Hall–Kier alpha value is -3.42. The van der Waals surface area contributed by atoms with Crippen LogP contribution in [-0.2, 0) is 16.1 Å². The smallest absolute Gasteiger partial charge is 0.243 e. The van der Waals surface area contributed by atoms with E-state index in [1.54, 1.807) is 21.3 Å². The van der Waals surface area contributed by atoms with Crippen LogP contribution in [0.4, 0.5) is 17.1 Å². The number of hydrogen-bond acceptors (Lipinski definition) is 6. The number of methoxy groups -OCH3 is 3. The Bertz CT molecular complexity index is 1020. The van der Waals surface area contributed by atoms with Gasteiger partial charge in [0, 0.05) is 23.8 Å². The van der Waals surface area contributed by atoms with Crippen molar-refractivity contribution in [3.8, 4) is 17.2 Å². The number of fused-ring (bicyclic) bond motifs is 1. The van der Waals surface area contributed by atoms with Crippen molar-refractivity contribution in [3.63, 3.8) is 0 Å². The third-order valence-corrected chi connectivity index (χ3v) is 6.46. The van der Waals surface area contributed by atoms with E-state index in [-0.39, 0.29) is 18.5 Å². The number of rotatable bonds is 8. The molecule has 33 heavy (non-hydrogen) atoms. The molecule has 1 fully saturated rings. The molecule has 0 saturated heterocycles. The van der Waals surface area contributed by atoms with Crippen molar-refractivity contribution >= 4 is 29.4 Å². The molecule has 2 aromatic carbocycles. The van der Waals surface area contributed by atoms with Crippen LogP contribution in [0.25, 0.3) is 0 Å². The summed E-state index contributed by atoms with van der Waals surface area (Å²) in [5.74, 6) is 1.57. The summed E-state index contributed by atoms with van der Waals surface area (Å²) in [6.07, 6.45) is 6.42. The van der Waals surface area contributed by atoms with Crippen molar-refractivity contribution < 1.29 is 23.8 Å². The highest BCUT2D eigenvalue weighted by Crippen LogP contribution is 2.42. The summed E-state index contributed by atoms with van der Waals surface area (Å²) < 4.78 is 16.5. The molecule has 1 heterocycles. The van der Waals surface area contributed by atoms with Gasteiger partial charge in [0.15, 0.2) is 11.5 Å². The SMILES string of the molecule is COc1ccc(CN2CC(=O)Nc3cc(N(C=O)C4CCCCC4)ccc32)c(OC)c1OC. The minimum atomic E-state index is -0.102. The molecule has 176 valence electrons. The van der Waals surface area contributed by atoms with E-state index in [9.17, 15) is 9.59 Å². The fourth-order valence-electron chi connectivity index (χ4n) is 4.86. The minimum absolute atomic E-state index is 0.102. The van der Waals surface area contributed by atoms with Gasteiger partial charge in [-0.15, -0.1) is 0 Å². The van der Waals surface area contributed by atoms with Crippen LogP contribution in [-0.4, -0.2) is 46.2 Å². The van der Waals surface area contributed by atoms with Crippen molar-refractivity contribution in [1.29, 1.82) is 0 Å². The van der Waals surface area contributed by atoms with Crippen molar-refractivity contribution in [3.05, 3.63) is 35.9 Å². The Morgan fingerprint density at radius 3 is 2.45 bits per heavy atom. The van der Waals surface area contributed by atoms with Gasteiger partial charge in [-0.2, -0.15) is 0 Å². The van der Waals surface area contributed by atoms with Crippen LogP contribution in [0.1, 0.15) is 37.7 Å². The third kappa shape index (κ3) is 4.55. The van der Waals surface area contributed by atoms with Gasteiger partial charge in [-0.3, -0.25) is 9.59 Å². The monoisotopic (exact) mass is 453 g/mol. The van der Waals surface area contributed by atoms with Crippen LogP contribution in [0, 0.1) is 0 Å². The molecule has 0 spiro atoms. The maximum Gasteiger partial charge on any atom is 0.243 e. The molecule has 0 aromatic heterocycles. The quantitative estimate of drug-likeness (QED) is 0.610. The number of nitrogens with zero attached hydrogens (tertiary/aromatic N) is 2. The first-order chi connectivity index (χ1) is 16.1. The van der Waals surface area contributed by atoms with Crippen LogP contribution in [0.2, 0.25) is 0 Å². The number of ether oxygens (including phenoxy) is 3. The molecule has 1 aliphatic carbocycles. The summed E-state index contributed by atoms with van der Waals surface area (Å²) in [7, 11) is 4.74. The van der Waals surface area contributed by atoms with Crippen LogP contribution in [0.5, 0.6) is 17.2 Å². The largest absolute Gasteiger partial charge is 0.493 e. The van der Waals surface area contributed by atoms with Crippen molar-refractivity contribution in [2.45, 2.75) is 44.7 Å². The molecular formula is C25H31N3O5. The second kappa shape index (κ2) is 10.0. The molecule has 2 aliphatic rings. The van der Waals surface area contributed by atoms with E-state index in [4.69, 9.17) is 14.2 Å². The predicted octanol–water partition coefficient (Wildman–Crippen LogP) is 3.97. The molecule has 0 radical (unpaired) electrons. The van der Waals surface area contributed by atoms with E-state index >= 15 is 0 Å². The highest BCUT2D eigenvalue weighted by Gasteiger charge is 2.27. The fourth-order valence-corrected chi connectivity index (χ4v) is 4.86. The third-order valence-electron chi connectivity index (χ3n) is 6.46. The van der Waals surface area contributed by atoms with Crippen LogP contribution in [0.3, 0.4) is 0 Å². The van der Waals surface area contributed by atoms with Gasteiger partial charge in [-0.1, -0.05) is 19.3 Å². The van der Waals surface area contributed by atoms with Crippen molar-refractivity contribution in [1.82, 2.24) is 0 Å². The first-order valence-corrected chi connectivity index (χ1v) is 11.3. The lowest BCUT2D eigenvalue weighted by molar-refractivity contribution is -0.115. The van der Waals surface area contributed by atoms with Gasteiger partial charge < -0.3 is 29.3 Å². The second-order valence-corrected chi connectivity index (χ2v) is 8.40. The molecule has 2 aromatic rings. The standard InChI is InChI=1S/C25H31N3O5/c1-31-22-12-9-17(24(32-2)25(22)33-3)14-27-15-23(30)26-20-13-19(10-11-21(20)27)28(16-29)18-7-5-4-6-8-18/h9-13,16,18H,4-8,14-15H2,1-3H3,(H,26,30). The second-order valence-electron chi connectivity index (χ2n) is 8.40. The molecular weight excluding hydrogens is 422 g/mol. The molecule has 1 saturated carbocycles. The predicted molar refractivity (Wildman–Crippen MR) is 128 cm³/mol. The fraction of sp³-hybridized carbons (Fsp3) is 0.440. The van der Waals surface area contributed by atoms with E-state index in [0.717, 1.165) is 49.0 Å². The Balaban J connectivity index is 1.64. The van der Waals surface area contributed by atoms with E-state index < -0.39 is 0 Å². The molecule has 0 bridgehead atoms. The molecule has 1 N–H and O–H groups in total. The zero-order chi connectivity index (χ0) is 23.4. The summed E-state index contributed by atoms with van der Waals surface area (Å²) >= 11 is 0. The number of carbonyl (C=O) groups is 2. The Labute approximate surface area is 194 Å². The average molecular weight is 454 g/mol. The number of anilines is 3. The van der Waals surface area contributed by atoms with Gasteiger partial charge in [-0.25, -0.2) is 0 Å². The number of benzene rings is 2. The summed E-state index contributed by atoms with van der Waals surface area (Å²) in [6.45, 7) is 0.660. The van der Waals surface area contributed by atoms with Gasteiger partial charge in [0.05, 0.1) is 39.2 Å². The first kappa shape index (κ1) is 22.8. The highest BCUT2D eigenvalue weighted by molar-refractivity contribution is 6.02. The van der Waals surface area contributed by atoms with E-state index in [0.29, 0.717) is 29.5 Å². The summed E-state index contributed by atoms with van der Waals surface area (Å²) in [5.41, 5.74) is 3.27. The molecule has 0 atom stereocenters. The number of amides is 2. The Kier molecular flexibility index (Phi) is 6.91. The van der Waals surface area contributed by atoms with Gasteiger partial charge >= 0.3 is 0 Å². The molecule has 0 unspecified atom stereocenters. The average Bonchev–Trinajstić information content (AvgIpc) is 2.84. The maximum absolute atomic E-state index is 12.5.